The minimum absolute atomic E-state index is 0.0455. The van der Waals surface area contributed by atoms with Crippen molar-refractivity contribution in [2.24, 2.45) is 0 Å². The number of nitrogens with one attached hydrogen (secondary N) is 1. The third-order valence-corrected chi connectivity index (χ3v) is 3.32. The quantitative estimate of drug-likeness (QED) is 0.913. The zero-order valence-corrected chi connectivity index (χ0v) is 13.5. The maximum Gasteiger partial charge on any atom is 0.131 e. The summed E-state index contributed by atoms with van der Waals surface area (Å²) in [5.41, 5.74) is 3.42. The molecule has 1 N–H and O–H groups in total. The number of hydrogen-bond acceptors (Lipinski definition) is 3. The third kappa shape index (κ3) is 4.05. The van der Waals surface area contributed by atoms with Gasteiger partial charge in [0.1, 0.15) is 11.5 Å². The van der Waals surface area contributed by atoms with Gasteiger partial charge in [-0.1, -0.05) is 32.9 Å². The Labute approximate surface area is 127 Å². The smallest absolute Gasteiger partial charge is 0.131 e. The summed E-state index contributed by atoms with van der Waals surface area (Å²) in [7, 11) is 1.91. The molecule has 3 heteroatoms. The predicted octanol–water partition coefficient (Wildman–Crippen LogP) is 4.20. The van der Waals surface area contributed by atoms with Crippen LogP contribution in [0.4, 0.5) is 0 Å². The van der Waals surface area contributed by atoms with E-state index < -0.39 is 0 Å². The van der Waals surface area contributed by atoms with E-state index in [0.717, 1.165) is 23.7 Å². The van der Waals surface area contributed by atoms with Gasteiger partial charge in [-0.25, -0.2) is 0 Å². The first-order valence-corrected chi connectivity index (χ1v) is 7.28. The largest absolute Gasteiger partial charge is 0.457 e. The zero-order valence-electron chi connectivity index (χ0n) is 13.5. The van der Waals surface area contributed by atoms with E-state index in [9.17, 15) is 0 Å². The van der Waals surface area contributed by atoms with Crippen LogP contribution in [0.1, 0.15) is 37.6 Å². The highest BCUT2D eigenvalue weighted by molar-refractivity contribution is 5.44. The molecular weight excluding hydrogens is 260 g/mol. The van der Waals surface area contributed by atoms with Gasteiger partial charge in [0, 0.05) is 24.4 Å². The molecule has 0 fully saturated rings. The Kier molecular flexibility index (Phi) is 4.63. The summed E-state index contributed by atoms with van der Waals surface area (Å²) in [6, 6.07) is 10.3. The van der Waals surface area contributed by atoms with Gasteiger partial charge in [-0.3, -0.25) is 4.98 Å². The van der Waals surface area contributed by atoms with Crippen LogP contribution in [0.15, 0.2) is 36.5 Å². The van der Waals surface area contributed by atoms with Crippen molar-refractivity contribution in [1.82, 2.24) is 10.3 Å². The molecule has 0 spiro atoms. The average molecular weight is 284 g/mol. The van der Waals surface area contributed by atoms with E-state index >= 15 is 0 Å². The van der Waals surface area contributed by atoms with Crippen LogP contribution in [0.2, 0.25) is 0 Å². The molecule has 21 heavy (non-hydrogen) atoms. The highest BCUT2D eigenvalue weighted by Crippen LogP contribution is 2.34. The monoisotopic (exact) mass is 284 g/mol. The van der Waals surface area contributed by atoms with Gasteiger partial charge in [-0.2, -0.15) is 0 Å². The molecule has 1 aromatic carbocycles. The number of rotatable bonds is 4. The normalized spacial score (nSPS) is 11.5. The fraction of sp³-hybridized carbons (Fsp3) is 0.389. The molecule has 0 saturated carbocycles. The number of pyridine rings is 1. The highest BCUT2D eigenvalue weighted by atomic mass is 16.5. The first-order chi connectivity index (χ1) is 9.90. The Bertz CT molecular complexity index is 615. The molecule has 0 aliphatic rings. The second-order valence-corrected chi connectivity index (χ2v) is 6.36. The van der Waals surface area contributed by atoms with Gasteiger partial charge in [0.2, 0.25) is 0 Å². The van der Waals surface area contributed by atoms with Crippen LogP contribution in [0, 0.1) is 6.92 Å². The van der Waals surface area contributed by atoms with Gasteiger partial charge in [-0.05, 0) is 37.1 Å². The Hall–Kier alpha value is -1.87. The van der Waals surface area contributed by atoms with Crippen LogP contribution in [0.5, 0.6) is 11.5 Å². The SMILES string of the molecule is CNCc1cc(Oc2cc(C)ccc2C(C)(C)C)ccn1. The molecular formula is C18H24N2O. The zero-order chi connectivity index (χ0) is 15.5. The fourth-order valence-corrected chi connectivity index (χ4v) is 2.26. The second kappa shape index (κ2) is 6.27. The summed E-state index contributed by atoms with van der Waals surface area (Å²) >= 11 is 0. The Balaban J connectivity index is 2.34. The maximum atomic E-state index is 6.14. The van der Waals surface area contributed by atoms with Crippen LogP contribution in [-0.2, 0) is 12.0 Å². The molecule has 0 atom stereocenters. The Morgan fingerprint density at radius 1 is 1.14 bits per heavy atom. The van der Waals surface area contributed by atoms with Gasteiger partial charge in [-0.15, -0.1) is 0 Å². The minimum atomic E-state index is 0.0455. The topological polar surface area (TPSA) is 34.1 Å². The van der Waals surface area contributed by atoms with Gasteiger partial charge in [0.25, 0.3) is 0 Å². The maximum absolute atomic E-state index is 6.14. The lowest BCUT2D eigenvalue weighted by Gasteiger charge is -2.23. The number of benzene rings is 1. The van der Waals surface area contributed by atoms with E-state index in [-0.39, 0.29) is 5.41 Å². The average Bonchev–Trinajstić information content (AvgIpc) is 2.38. The number of hydrogen-bond donors (Lipinski definition) is 1. The molecule has 0 aliphatic heterocycles. The molecule has 3 nitrogen and oxygen atoms in total. The van der Waals surface area contributed by atoms with Crippen molar-refractivity contribution in [2.75, 3.05) is 7.05 Å². The van der Waals surface area contributed by atoms with Crippen molar-refractivity contribution in [3.63, 3.8) is 0 Å². The molecule has 112 valence electrons. The number of nitrogens with zero attached hydrogens (tertiary/aromatic N) is 1. The molecule has 0 aliphatic carbocycles. The standard InChI is InChI=1S/C18H24N2O/c1-13-6-7-16(18(2,3)4)17(10-13)21-15-8-9-20-14(11-15)12-19-5/h6-11,19H,12H2,1-5H3. The Morgan fingerprint density at radius 3 is 2.57 bits per heavy atom. The summed E-state index contributed by atoms with van der Waals surface area (Å²) in [6.07, 6.45) is 1.79. The molecule has 1 aromatic heterocycles. The number of aromatic nitrogens is 1. The summed E-state index contributed by atoms with van der Waals surface area (Å²) in [5, 5.41) is 3.10. The molecule has 2 aromatic rings. The molecule has 0 saturated heterocycles. The molecule has 1 heterocycles. The lowest BCUT2D eigenvalue weighted by molar-refractivity contribution is 0.453. The fourth-order valence-electron chi connectivity index (χ4n) is 2.26. The molecule has 0 bridgehead atoms. The molecule has 0 radical (unpaired) electrons. The lowest BCUT2D eigenvalue weighted by Crippen LogP contribution is -2.12. The highest BCUT2D eigenvalue weighted by Gasteiger charge is 2.19. The second-order valence-electron chi connectivity index (χ2n) is 6.36. The Morgan fingerprint density at radius 2 is 1.90 bits per heavy atom. The van der Waals surface area contributed by atoms with Crippen LogP contribution in [-0.4, -0.2) is 12.0 Å². The van der Waals surface area contributed by atoms with E-state index in [1.54, 1.807) is 6.20 Å². The van der Waals surface area contributed by atoms with Gasteiger partial charge in [0.05, 0.1) is 5.69 Å². The third-order valence-electron chi connectivity index (χ3n) is 3.32. The van der Waals surface area contributed by atoms with Crippen LogP contribution < -0.4 is 10.1 Å². The lowest BCUT2D eigenvalue weighted by atomic mass is 9.86. The van der Waals surface area contributed by atoms with Crippen LogP contribution in [0.3, 0.4) is 0 Å². The summed E-state index contributed by atoms with van der Waals surface area (Å²) in [5.74, 6) is 1.75. The van der Waals surface area contributed by atoms with Crippen LogP contribution >= 0.6 is 0 Å². The van der Waals surface area contributed by atoms with Gasteiger partial charge < -0.3 is 10.1 Å². The van der Waals surface area contributed by atoms with E-state index in [1.807, 2.05) is 19.2 Å². The predicted molar refractivity (Wildman–Crippen MR) is 87.0 cm³/mol. The van der Waals surface area contributed by atoms with E-state index in [0.29, 0.717) is 0 Å². The van der Waals surface area contributed by atoms with E-state index in [1.165, 1.54) is 11.1 Å². The van der Waals surface area contributed by atoms with E-state index in [4.69, 9.17) is 4.74 Å². The molecule has 2 rings (SSSR count). The minimum Gasteiger partial charge on any atom is -0.457 e. The van der Waals surface area contributed by atoms with Crippen molar-refractivity contribution in [1.29, 1.82) is 0 Å². The summed E-state index contributed by atoms with van der Waals surface area (Å²) in [4.78, 5) is 4.32. The molecule has 0 amide bonds. The van der Waals surface area contributed by atoms with E-state index in [2.05, 4.69) is 56.2 Å². The van der Waals surface area contributed by atoms with Gasteiger partial charge in [0.15, 0.2) is 0 Å². The van der Waals surface area contributed by atoms with Crippen LogP contribution in [0.25, 0.3) is 0 Å². The van der Waals surface area contributed by atoms with Crippen molar-refractivity contribution >= 4 is 0 Å². The van der Waals surface area contributed by atoms with Gasteiger partial charge >= 0.3 is 0 Å². The van der Waals surface area contributed by atoms with Crippen molar-refractivity contribution < 1.29 is 4.74 Å². The first-order valence-electron chi connectivity index (χ1n) is 7.28. The summed E-state index contributed by atoms with van der Waals surface area (Å²) in [6.45, 7) is 9.41. The number of aryl methyl sites for hydroxylation is 1. The first kappa shape index (κ1) is 15.5. The van der Waals surface area contributed by atoms with Crippen molar-refractivity contribution in [2.45, 2.75) is 39.7 Å². The number of ether oxygens (including phenoxy) is 1. The van der Waals surface area contributed by atoms with Crippen molar-refractivity contribution in [3.8, 4) is 11.5 Å². The molecule has 0 unspecified atom stereocenters. The summed E-state index contributed by atoms with van der Waals surface area (Å²) < 4.78 is 6.14. The van der Waals surface area contributed by atoms with Crippen molar-refractivity contribution in [3.05, 3.63) is 53.3 Å².